The molecule has 10 heteroatoms. The van der Waals surface area contributed by atoms with Crippen molar-refractivity contribution in [3.63, 3.8) is 0 Å². The smallest absolute Gasteiger partial charge is 0.300 e. The molecule has 0 radical (unpaired) electrons. The maximum atomic E-state index is 13.5. The molecule has 1 aliphatic rings. The van der Waals surface area contributed by atoms with E-state index in [2.05, 4.69) is 0 Å². The molecule has 1 N–H and O–H groups in total. The summed E-state index contributed by atoms with van der Waals surface area (Å²) in [5.74, 6) is -1.54. The topological polar surface area (TPSA) is 85.3 Å². The highest BCUT2D eigenvalue weighted by Gasteiger charge is 2.47. The van der Waals surface area contributed by atoms with E-state index in [0.29, 0.717) is 28.6 Å². The van der Waals surface area contributed by atoms with Crippen molar-refractivity contribution in [2.75, 3.05) is 25.7 Å². The highest BCUT2D eigenvalue weighted by molar-refractivity contribution is 6.52. The van der Waals surface area contributed by atoms with Crippen LogP contribution >= 0.6 is 34.8 Å². The van der Waals surface area contributed by atoms with Gasteiger partial charge in [-0.25, -0.2) is 0 Å². The molecule has 1 atom stereocenters. The molecule has 0 aromatic heterocycles. The number of aliphatic hydroxyl groups is 1. The number of nitrogens with zero attached hydrogens (tertiary/aromatic N) is 1. The summed E-state index contributed by atoms with van der Waals surface area (Å²) in [4.78, 5) is 28.1. The van der Waals surface area contributed by atoms with Crippen molar-refractivity contribution in [2.24, 2.45) is 0 Å². The van der Waals surface area contributed by atoms with Crippen LogP contribution in [0.4, 0.5) is 5.69 Å². The monoisotopic (exact) mass is 561 g/mol. The molecule has 1 fully saturated rings. The van der Waals surface area contributed by atoms with Crippen molar-refractivity contribution in [1.29, 1.82) is 0 Å². The first-order chi connectivity index (χ1) is 17.7. The Hall–Kier alpha value is -3.39. The van der Waals surface area contributed by atoms with Gasteiger partial charge in [0.25, 0.3) is 11.7 Å². The van der Waals surface area contributed by atoms with Crippen molar-refractivity contribution in [3.8, 4) is 17.2 Å². The Morgan fingerprint density at radius 1 is 0.973 bits per heavy atom. The van der Waals surface area contributed by atoms with Gasteiger partial charge < -0.3 is 19.3 Å². The minimum absolute atomic E-state index is 0.000808. The predicted octanol–water partition coefficient (Wildman–Crippen LogP) is 6.69. The van der Waals surface area contributed by atoms with Crippen molar-refractivity contribution in [1.82, 2.24) is 0 Å². The van der Waals surface area contributed by atoms with Gasteiger partial charge in [-0.2, -0.15) is 0 Å². The molecule has 4 rings (SSSR count). The number of methoxy groups -OCH3 is 2. The lowest BCUT2D eigenvalue weighted by Crippen LogP contribution is -2.29. The Balaban J connectivity index is 2.01. The van der Waals surface area contributed by atoms with Crippen LogP contribution < -0.4 is 19.1 Å². The minimum atomic E-state index is -1.01. The Morgan fingerprint density at radius 3 is 2.27 bits per heavy atom. The number of carbonyl (C=O) groups excluding carboxylic acids is 2. The van der Waals surface area contributed by atoms with Crippen LogP contribution in [0.5, 0.6) is 17.2 Å². The van der Waals surface area contributed by atoms with Gasteiger partial charge >= 0.3 is 0 Å². The van der Waals surface area contributed by atoms with E-state index in [9.17, 15) is 14.7 Å². The lowest BCUT2D eigenvalue weighted by molar-refractivity contribution is -0.132. The third kappa shape index (κ3) is 4.82. The summed E-state index contributed by atoms with van der Waals surface area (Å²) >= 11 is 18.8. The number of benzene rings is 3. The van der Waals surface area contributed by atoms with Gasteiger partial charge in [0.2, 0.25) is 0 Å². The molecular weight excluding hydrogens is 541 g/mol. The van der Waals surface area contributed by atoms with Gasteiger partial charge in [0.15, 0.2) is 11.5 Å². The number of amides is 1. The summed E-state index contributed by atoms with van der Waals surface area (Å²) in [7, 11) is 2.73. The zero-order valence-electron chi connectivity index (χ0n) is 20.1. The molecule has 37 heavy (non-hydrogen) atoms. The molecule has 3 aromatic rings. The van der Waals surface area contributed by atoms with Gasteiger partial charge in [0.05, 0.1) is 43.0 Å². The van der Waals surface area contributed by atoms with Crippen LogP contribution in [0, 0.1) is 0 Å². The molecule has 1 unspecified atom stereocenters. The molecule has 1 aliphatic heterocycles. The van der Waals surface area contributed by atoms with Gasteiger partial charge in [-0.05, 0) is 55.0 Å². The Labute approximate surface area is 228 Å². The summed E-state index contributed by atoms with van der Waals surface area (Å²) < 4.78 is 16.3. The maximum absolute atomic E-state index is 13.5. The minimum Gasteiger partial charge on any atom is -0.507 e. The summed E-state index contributed by atoms with van der Waals surface area (Å²) in [5, 5.41) is 12.1. The Kier molecular flexibility index (Phi) is 7.87. The fourth-order valence-corrected chi connectivity index (χ4v) is 5.06. The summed E-state index contributed by atoms with van der Waals surface area (Å²) in [5.41, 5.74) is 0.795. The number of anilines is 1. The molecular formula is C27H22Cl3NO6. The number of hydrogen-bond acceptors (Lipinski definition) is 6. The molecule has 0 aliphatic carbocycles. The zero-order valence-corrected chi connectivity index (χ0v) is 22.3. The second-order valence-electron chi connectivity index (χ2n) is 7.94. The van der Waals surface area contributed by atoms with E-state index in [1.54, 1.807) is 48.5 Å². The molecule has 1 heterocycles. The van der Waals surface area contributed by atoms with Crippen LogP contribution in [-0.2, 0) is 9.59 Å². The van der Waals surface area contributed by atoms with Crippen molar-refractivity contribution in [3.05, 3.63) is 86.4 Å². The number of hydrogen-bond donors (Lipinski definition) is 1. The first-order valence-electron chi connectivity index (χ1n) is 11.1. The molecule has 7 nitrogen and oxygen atoms in total. The summed E-state index contributed by atoms with van der Waals surface area (Å²) in [6, 6.07) is 13.8. The quantitative estimate of drug-likeness (QED) is 0.196. The molecule has 1 amide bonds. The van der Waals surface area contributed by atoms with E-state index >= 15 is 0 Å². The number of aliphatic hydroxyl groups excluding tert-OH is 1. The number of carbonyl (C=O) groups is 2. The van der Waals surface area contributed by atoms with Gasteiger partial charge in [0, 0.05) is 10.7 Å². The number of ketones is 1. The highest BCUT2D eigenvalue weighted by Crippen LogP contribution is 2.48. The average molecular weight is 563 g/mol. The van der Waals surface area contributed by atoms with Crippen LogP contribution in [-0.4, -0.2) is 37.6 Å². The molecule has 3 aromatic carbocycles. The van der Waals surface area contributed by atoms with Crippen LogP contribution in [0.2, 0.25) is 15.1 Å². The molecule has 0 spiro atoms. The largest absolute Gasteiger partial charge is 0.507 e. The first-order valence-corrected chi connectivity index (χ1v) is 12.3. The number of halogens is 3. The van der Waals surface area contributed by atoms with Crippen LogP contribution in [0.3, 0.4) is 0 Å². The van der Waals surface area contributed by atoms with Crippen LogP contribution in [0.1, 0.15) is 24.1 Å². The fourth-order valence-electron chi connectivity index (χ4n) is 4.25. The van der Waals surface area contributed by atoms with Crippen LogP contribution in [0.15, 0.2) is 60.2 Å². The second-order valence-corrected chi connectivity index (χ2v) is 9.16. The van der Waals surface area contributed by atoms with Gasteiger partial charge in [-0.3, -0.25) is 14.5 Å². The van der Waals surface area contributed by atoms with Gasteiger partial charge in [-0.1, -0.05) is 46.9 Å². The highest BCUT2D eigenvalue weighted by atomic mass is 35.5. The van der Waals surface area contributed by atoms with E-state index in [-0.39, 0.29) is 32.7 Å². The van der Waals surface area contributed by atoms with E-state index in [1.807, 2.05) is 6.92 Å². The first kappa shape index (κ1) is 26.7. The van der Waals surface area contributed by atoms with Crippen molar-refractivity contribution >= 4 is 57.9 Å². The number of ether oxygens (including phenoxy) is 3. The van der Waals surface area contributed by atoms with Gasteiger partial charge in [-0.15, -0.1) is 0 Å². The van der Waals surface area contributed by atoms with Crippen molar-refractivity contribution < 1.29 is 28.9 Å². The van der Waals surface area contributed by atoms with Crippen molar-refractivity contribution in [2.45, 2.75) is 13.0 Å². The summed E-state index contributed by atoms with van der Waals surface area (Å²) in [6.45, 7) is 2.26. The second kappa shape index (κ2) is 10.9. The molecule has 0 saturated carbocycles. The lowest BCUT2D eigenvalue weighted by atomic mass is 9.94. The SMILES string of the molecule is CCOc1cccc(C2/C(=C(\O)c3cc(Cl)c(OC)c(Cl)c3OC)C(=O)C(=O)N2c2ccc(Cl)cc2)c1. The number of rotatable bonds is 7. The molecule has 0 bridgehead atoms. The fraction of sp³-hybridized carbons (Fsp3) is 0.185. The average Bonchev–Trinajstić information content (AvgIpc) is 3.15. The maximum Gasteiger partial charge on any atom is 0.300 e. The lowest BCUT2D eigenvalue weighted by Gasteiger charge is -2.26. The third-order valence-electron chi connectivity index (χ3n) is 5.83. The zero-order chi connectivity index (χ0) is 26.9. The number of Topliss-reactive ketones (excluding diaryl/α,β-unsaturated/α-hetero) is 1. The predicted molar refractivity (Wildman–Crippen MR) is 143 cm³/mol. The van der Waals surface area contributed by atoms with E-state index in [4.69, 9.17) is 49.0 Å². The van der Waals surface area contributed by atoms with E-state index in [0.717, 1.165) is 0 Å². The van der Waals surface area contributed by atoms with Crippen LogP contribution in [0.25, 0.3) is 5.76 Å². The summed E-state index contributed by atoms with van der Waals surface area (Å²) in [6.07, 6.45) is 0. The standard InChI is InChI=1S/C27H22Cl3NO6/c1-4-37-17-7-5-6-14(12-17)22-20(24(33)27(34)31(22)16-10-8-15(28)9-11-16)23(32)18-13-19(29)26(36-3)21(30)25(18)35-2/h5-13,22,32H,4H2,1-3H3/b23-20+. The van der Waals surface area contributed by atoms with Gasteiger partial charge in [0.1, 0.15) is 16.5 Å². The molecule has 192 valence electrons. The molecule has 1 saturated heterocycles. The van der Waals surface area contributed by atoms with E-state index in [1.165, 1.54) is 25.2 Å². The third-order valence-corrected chi connectivity index (χ3v) is 6.70. The normalized spacial score (nSPS) is 16.7. The van der Waals surface area contributed by atoms with E-state index < -0.39 is 23.5 Å². The Bertz CT molecular complexity index is 1400. The Morgan fingerprint density at radius 2 is 1.65 bits per heavy atom.